The maximum Gasteiger partial charge on any atom is 0.416 e. The molecule has 2 rings (SSSR count). The molecule has 0 aliphatic rings. The minimum Gasteiger partial charge on any atom is -0.487 e. The fourth-order valence-electron chi connectivity index (χ4n) is 2.02. The normalized spacial score (nSPS) is 11.0. The highest BCUT2D eigenvalue weighted by atomic mass is 35.5. The van der Waals surface area contributed by atoms with Gasteiger partial charge in [-0.25, -0.2) is 0 Å². The first kappa shape index (κ1) is 18.6. The summed E-state index contributed by atoms with van der Waals surface area (Å²) in [4.78, 5) is 0. The zero-order valence-electron chi connectivity index (χ0n) is 12.9. The van der Waals surface area contributed by atoms with Gasteiger partial charge in [0.2, 0.25) is 5.96 Å². The van der Waals surface area contributed by atoms with E-state index in [-0.39, 0.29) is 23.3 Å². The van der Waals surface area contributed by atoms with Crippen molar-refractivity contribution in [3.05, 3.63) is 58.6 Å². The minimum atomic E-state index is -4.42. The van der Waals surface area contributed by atoms with Crippen LogP contribution in [0.1, 0.15) is 11.1 Å². The molecule has 0 aliphatic heterocycles. The van der Waals surface area contributed by atoms with Crippen molar-refractivity contribution >= 4 is 30.0 Å². The maximum atomic E-state index is 12.7. The van der Waals surface area contributed by atoms with Crippen LogP contribution in [0, 0.1) is 5.41 Å². The van der Waals surface area contributed by atoms with E-state index in [0.717, 1.165) is 12.1 Å². The summed E-state index contributed by atoms with van der Waals surface area (Å²) in [6.07, 6.45) is -4.42. The summed E-state index contributed by atoms with van der Waals surface area (Å²) in [5.41, 5.74) is 7.66. The lowest BCUT2D eigenvalue weighted by atomic mass is 10.1. The molecule has 4 N–H and O–H groups in total. The van der Waals surface area contributed by atoms with E-state index in [1.165, 1.54) is 16.8 Å². The number of nitrogens with one attached hydrogen (secondary N) is 2. The van der Waals surface area contributed by atoms with Gasteiger partial charge in [-0.1, -0.05) is 34.5 Å². The number of ether oxygens (including phenoxy) is 1. The fourth-order valence-corrected chi connectivity index (χ4v) is 2.31. The summed E-state index contributed by atoms with van der Waals surface area (Å²) in [5, 5.41) is 7.36. The Morgan fingerprint density at radius 3 is 2.60 bits per heavy atom. The van der Waals surface area contributed by atoms with Crippen molar-refractivity contribution in [1.82, 2.24) is 5.43 Å². The molecule has 5 nitrogen and oxygen atoms in total. The molecular weight excluding hydrogens is 357 g/mol. The molecule has 132 valence electrons. The van der Waals surface area contributed by atoms with Gasteiger partial charge in [0.25, 0.3) is 5.69 Å². The lowest BCUT2D eigenvalue weighted by Gasteiger charge is -2.11. The molecule has 2 aromatic carbocycles. The second-order valence-corrected chi connectivity index (χ2v) is 5.41. The molecule has 9 heteroatoms. The van der Waals surface area contributed by atoms with Gasteiger partial charge in [-0.05, 0) is 23.8 Å². The maximum absolute atomic E-state index is 12.7. The number of rotatable bonds is 5. The molecule has 0 amide bonds. The monoisotopic (exact) mass is 371 g/mol. The Bertz CT molecular complexity index is 808. The first-order valence-corrected chi connectivity index (χ1v) is 7.35. The standard InChI is InChI=1S/C16H15ClF3N4O/c1-24(23-15(21)22)12-6-3-7-13(14(12)17)25-9-10-4-2-5-11(8-10)16(18,19)20/h2-8H,1,9H2,(H4,21,22,23)/q+1. The van der Waals surface area contributed by atoms with Gasteiger partial charge < -0.3 is 10.5 Å². The van der Waals surface area contributed by atoms with Crippen molar-refractivity contribution in [3.8, 4) is 5.75 Å². The highest BCUT2D eigenvalue weighted by molar-refractivity contribution is 6.34. The molecule has 0 bridgehead atoms. The van der Waals surface area contributed by atoms with Crippen LogP contribution in [0.5, 0.6) is 5.75 Å². The number of nitrogens with two attached hydrogens (primary N) is 1. The minimum absolute atomic E-state index is 0.0929. The van der Waals surface area contributed by atoms with Crippen LogP contribution in [0.25, 0.3) is 0 Å². The van der Waals surface area contributed by atoms with Crippen LogP contribution >= 0.6 is 11.6 Å². The summed E-state index contributed by atoms with van der Waals surface area (Å²) in [6, 6.07) is 9.66. The van der Waals surface area contributed by atoms with E-state index >= 15 is 0 Å². The van der Waals surface area contributed by atoms with Crippen molar-refractivity contribution in [2.75, 3.05) is 0 Å². The zero-order chi connectivity index (χ0) is 18.6. The van der Waals surface area contributed by atoms with Crippen molar-refractivity contribution in [3.63, 3.8) is 0 Å². The Labute approximate surface area is 147 Å². The van der Waals surface area contributed by atoms with E-state index in [9.17, 15) is 13.2 Å². The third-order valence-electron chi connectivity index (χ3n) is 3.14. The van der Waals surface area contributed by atoms with Crippen molar-refractivity contribution in [2.24, 2.45) is 5.73 Å². The Morgan fingerprint density at radius 1 is 1.28 bits per heavy atom. The first-order valence-electron chi connectivity index (χ1n) is 6.97. The quantitative estimate of drug-likeness (QED) is 0.325. The third kappa shape index (κ3) is 4.87. The molecule has 0 spiro atoms. The van der Waals surface area contributed by atoms with Crippen molar-refractivity contribution < 1.29 is 22.6 Å². The summed E-state index contributed by atoms with van der Waals surface area (Å²) in [6.45, 7) is 3.55. The topological polar surface area (TPSA) is 74.1 Å². The third-order valence-corrected chi connectivity index (χ3v) is 3.52. The van der Waals surface area contributed by atoms with E-state index in [1.54, 1.807) is 18.2 Å². The second-order valence-electron chi connectivity index (χ2n) is 5.03. The van der Waals surface area contributed by atoms with Gasteiger partial charge in [0, 0.05) is 6.07 Å². The van der Waals surface area contributed by atoms with E-state index in [2.05, 4.69) is 12.1 Å². The molecule has 0 heterocycles. The number of alkyl halides is 3. The predicted molar refractivity (Wildman–Crippen MR) is 89.3 cm³/mol. The van der Waals surface area contributed by atoms with Gasteiger partial charge in [-0.3, -0.25) is 5.41 Å². The van der Waals surface area contributed by atoms with E-state index in [0.29, 0.717) is 11.3 Å². The van der Waals surface area contributed by atoms with Crippen LogP contribution in [-0.4, -0.2) is 17.4 Å². The molecule has 0 atom stereocenters. The lowest BCUT2D eigenvalue weighted by Crippen LogP contribution is -2.36. The Hall–Kier alpha value is -2.74. The smallest absolute Gasteiger partial charge is 0.416 e. The molecule has 2 aromatic rings. The number of hydrogen-bond donors (Lipinski definition) is 3. The van der Waals surface area contributed by atoms with Crippen LogP contribution < -0.4 is 15.9 Å². The summed E-state index contributed by atoms with van der Waals surface area (Å²) in [7, 11) is 0. The molecule has 0 unspecified atom stereocenters. The van der Waals surface area contributed by atoms with Crippen LogP contribution in [0.4, 0.5) is 18.9 Å². The van der Waals surface area contributed by atoms with Crippen molar-refractivity contribution in [1.29, 1.82) is 5.41 Å². The Morgan fingerprint density at radius 2 is 1.96 bits per heavy atom. The van der Waals surface area contributed by atoms with E-state index in [1.807, 2.05) is 0 Å². The fraction of sp³-hybridized carbons (Fsp3) is 0.125. The van der Waals surface area contributed by atoms with Crippen LogP contribution in [0.15, 0.2) is 42.5 Å². The predicted octanol–water partition coefficient (Wildman–Crippen LogP) is 3.68. The molecule has 0 saturated carbocycles. The molecule has 25 heavy (non-hydrogen) atoms. The van der Waals surface area contributed by atoms with Gasteiger partial charge >= 0.3 is 6.18 Å². The summed E-state index contributed by atoms with van der Waals surface area (Å²) >= 11 is 6.22. The Balaban J connectivity index is 2.16. The van der Waals surface area contributed by atoms with E-state index in [4.69, 9.17) is 27.5 Å². The number of hydrazone groups is 1. The van der Waals surface area contributed by atoms with Gasteiger partial charge in [0.15, 0.2) is 11.7 Å². The first-order chi connectivity index (χ1) is 11.7. The van der Waals surface area contributed by atoms with Crippen LogP contribution in [-0.2, 0) is 12.8 Å². The molecule has 0 radical (unpaired) electrons. The summed E-state index contributed by atoms with van der Waals surface area (Å²) < 4.78 is 44.9. The zero-order valence-corrected chi connectivity index (χ0v) is 13.7. The second kappa shape index (κ2) is 7.43. The average Bonchev–Trinajstić information content (AvgIpc) is 2.52. The SMILES string of the molecule is C=[N+](NC(=N)N)c1cccc(OCc2cccc(C(F)(F)F)c2)c1Cl. The number of guanidine groups is 1. The van der Waals surface area contributed by atoms with Gasteiger partial charge in [0.1, 0.15) is 12.4 Å². The van der Waals surface area contributed by atoms with Gasteiger partial charge in [-0.15, -0.1) is 5.43 Å². The number of hydrazine groups is 1. The number of nitrogens with zero attached hydrogens (tertiary/aromatic N) is 1. The Kier molecular flexibility index (Phi) is 5.53. The molecule has 0 saturated heterocycles. The highest BCUT2D eigenvalue weighted by Crippen LogP contribution is 2.34. The number of benzene rings is 2. The highest BCUT2D eigenvalue weighted by Gasteiger charge is 2.30. The van der Waals surface area contributed by atoms with Gasteiger partial charge in [-0.2, -0.15) is 13.2 Å². The van der Waals surface area contributed by atoms with Crippen LogP contribution in [0.2, 0.25) is 5.02 Å². The van der Waals surface area contributed by atoms with E-state index < -0.39 is 11.7 Å². The molecule has 0 fully saturated rings. The van der Waals surface area contributed by atoms with Crippen LogP contribution in [0.3, 0.4) is 0 Å². The number of halogens is 4. The molecule has 0 aliphatic carbocycles. The largest absolute Gasteiger partial charge is 0.487 e. The molecule has 0 aromatic heterocycles. The van der Waals surface area contributed by atoms with Gasteiger partial charge in [0.05, 0.1) is 5.56 Å². The average molecular weight is 372 g/mol. The molecular formula is C16H15ClF3N4O+. The lowest BCUT2D eigenvalue weighted by molar-refractivity contribution is -0.478. The number of hydrogen-bond acceptors (Lipinski definition) is 2. The summed E-state index contributed by atoms with van der Waals surface area (Å²) in [5.74, 6) is -0.0723. The van der Waals surface area contributed by atoms with Crippen molar-refractivity contribution in [2.45, 2.75) is 12.8 Å².